The van der Waals surface area contributed by atoms with Crippen LogP contribution in [0.2, 0.25) is 0 Å². The number of likely N-dealkylation sites (N-methyl/N-ethyl adjacent to an activating group) is 2. The number of nitrogens with one attached hydrogen (secondary N) is 1. The first kappa shape index (κ1) is 13.5. The average Bonchev–Trinajstić information content (AvgIpc) is 2.38. The van der Waals surface area contributed by atoms with Crippen LogP contribution < -0.4 is 5.32 Å². The SMILES string of the molecule is CNC(=O)CN(C)C(=O)C1(C#N)CCOCC1. The number of hydrogen-bond donors (Lipinski definition) is 1. The molecule has 0 aromatic heterocycles. The van der Waals surface area contributed by atoms with Crippen LogP contribution in [0.3, 0.4) is 0 Å². The van der Waals surface area contributed by atoms with Gasteiger partial charge in [0.25, 0.3) is 0 Å². The van der Waals surface area contributed by atoms with E-state index in [4.69, 9.17) is 4.74 Å². The van der Waals surface area contributed by atoms with Gasteiger partial charge in [0.05, 0.1) is 12.6 Å². The molecular weight excluding hydrogens is 222 g/mol. The standard InChI is InChI=1S/C11H17N3O3/c1-13-9(15)7-14(2)10(16)11(8-12)3-5-17-6-4-11/h3-7H2,1-2H3,(H,13,15). The Hall–Kier alpha value is -1.61. The van der Waals surface area contributed by atoms with Crippen LogP contribution in [0.25, 0.3) is 0 Å². The van der Waals surface area contributed by atoms with Crippen molar-refractivity contribution in [1.29, 1.82) is 5.26 Å². The van der Waals surface area contributed by atoms with Crippen LogP contribution in [0.5, 0.6) is 0 Å². The third-order valence-corrected chi connectivity index (χ3v) is 2.98. The molecule has 0 spiro atoms. The molecule has 0 unspecified atom stereocenters. The van der Waals surface area contributed by atoms with Gasteiger partial charge in [0, 0.05) is 27.3 Å². The van der Waals surface area contributed by atoms with Crippen molar-refractivity contribution in [3.8, 4) is 6.07 Å². The van der Waals surface area contributed by atoms with Crippen molar-refractivity contribution in [2.45, 2.75) is 12.8 Å². The molecule has 6 heteroatoms. The Morgan fingerprint density at radius 1 is 1.47 bits per heavy atom. The van der Waals surface area contributed by atoms with Gasteiger partial charge < -0.3 is 15.0 Å². The zero-order chi connectivity index (χ0) is 12.9. The molecule has 0 aromatic rings. The Bertz CT molecular complexity index is 342. The van der Waals surface area contributed by atoms with Crippen molar-refractivity contribution in [3.05, 3.63) is 0 Å². The first-order chi connectivity index (χ1) is 8.05. The summed E-state index contributed by atoms with van der Waals surface area (Å²) in [5, 5.41) is 11.6. The van der Waals surface area contributed by atoms with E-state index in [-0.39, 0.29) is 18.4 Å². The number of ether oxygens (including phenoxy) is 1. The van der Waals surface area contributed by atoms with Crippen molar-refractivity contribution in [1.82, 2.24) is 10.2 Å². The summed E-state index contributed by atoms with van der Waals surface area (Å²) in [5.41, 5.74) is -1.03. The van der Waals surface area contributed by atoms with E-state index in [2.05, 4.69) is 11.4 Å². The van der Waals surface area contributed by atoms with Gasteiger partial charge in [0.1, 0.15) is 5.41 Å². The summed E-state index contributed by atoms with van der Waals surface area (Å²) in [5.74, 6) is -0.548. The second-order valence-electron chi connectivity index (χ2n) is 4.14. The van der Waals surface area contributed by atoms with Gasteiger partial charge in [-0.25, -0.2) is 0 Å². The number of hydrogen-bond acceptors (Lipinski definition) is 4. The minimum absolute atomic E-state index is 0.0282. The van der Waals surface area contributed by atoms with Crippen LogP contribution in [0.15, 0.2) is 0 Å². The molecule has 94 valence electrons. The van der Waals surface area contributed by atoms with Gasteiger partial charge in [-0.15, -0.1) is 0 Å². The quantitative estimate of drug-likeness (QED) is 0.720. The van der Waals surface area contributed by atoms with E-state index in [1.165, 1.54) is 19.0 Å². The van der Waals surface area contributed by atoms with Gasteiger partial charge in [-0.05, 0) is 12.8 Å². The van der Waals surface area contributed by atoms with Gasteiger partial charge in [-0.3, -0.25) is 9.59 Å². The molecule has 1 aliphatic rings. The number of nitriles is 1. The number of rotatable bonds is 3. The maximum atomic E-state index is 12.2. The van der Waals surface area contributed by atoms with Crippen LogP contribution in [0.4, 0.5) is 0 Å². The van der Waals surface area contributed by atoms with Crippen molar-refractivity contribution in [2.24, 2.45) is 5.41 Å². The number of amides is 2. The summed E-state index contributed by atoms with van der Waals surface area (Å²) >= 11 is 0. The topological polar surface area (TPSA) is 82.4 Å². The normalized spacial score (nSPS) is 17.9. The summed E-state index contributed by atoms with van der Waals surface area (Å²) < 4.78 is 5.16. The lowest BCUT2D eigenvalue weighted by molar-refractivity contribution is -0.144. The fourth-order valence-electron chi connectivity index (χ4n) is 1.82. The molecule has 1 N–H and O–H groups in total. The molecule has 0 atom stereocenters. The highest BCUT2D eigenvalue weighted by molar-refractivity contribution is 5.89. The lowest BCUT2D eigenvalue weighted by Gasteiger charge is -2.32. The van der Waals surface area contributed by atoms with Crippen LogP contribution in [-0.2, 0) is 14.3 Å². The second-order valence-corrected chi connectivity index (χ2v) is 4.14. The molecule has 2 amide bonds. The van der Waals surface area contributed by atoms with E-state index >= 15 is 0 Å². The molecule has 0 saturated carbocycles. The third-order valence-electron chi connectivity index (χ3n) is 2.98. The van der Waals surface area contributed by atoms with Crippen LogP contribution >= 0.6 is 0 Å². The van der Waals surface area contributed by atoms with Gasteiger partial charge in [0.2, 0.25) is 11.8 Å². The fourth-order valence-corrected chi connectivity index (χ4v) is 1.82. The van der Waals surface area contributed by atoms with Crippen molar-refractivity contribution in [2.75, 3.05) is 33.9 Å². The van der Waals surface area contributed by atoms with Crippen molar-refractivity contribution in [3.63, 3.8) is 0 Å². The highest BCUT2D eigenvalue weighted by Crippen LogP contribution is 2.31. The predicted octanol–water partition coefficient (Wildman–Crippen LogP) is -0.489. The molecule has 0 aliphatic carbocycles. The zero-order valence-electron chi connectivity index (χ0n) is 10.2. The maximum absolute atomic E-state index is 12.2. The van der Waals surface area contributed by atoms with Gasteiger partial charge >= 0.3 is 0 Å². The molecule has 17 heavy (non-hydrogen) atoms. The zero-order valence-corrected chi connectivity index (χ0v) is 10.2. The van der Waals surface area contributed by atoms with Crippen molar-refractivity contribution >= 4 is 11.8 Å². The number of carbonyl (C=O) groups excluding carboxylic acids is 2. The van der Waals surface area contributed by atoms with E-state index < -0.39 is 5.41 Å². The Morgan fingerprint density at radius 3 is 2.53 bits per heavy atom. The molecule has 1 fully saturated rings. The highest BCUT2D eigenvalue weighted by Gasteiger charge is 2.42. The molecule has 1 rings (SSSR count). The molecular formula is C11H17N3O3. The Morgan fingerprint density at radius 2 is 2.06 bits per heavy atom. The first-order valence-electron chi connectivity index (χ1n) is 5.51. The number of nitrogens with zero attached hydrogens (tertiary/aromatic N) is 2. The van der Waals surface area contributed by atoms with Gasteiger partial charge in [0.15, 0.2) is 0 Å². The molecule has 1 heterocycles. The van der Waals surface area contributed by atoms with Gasteiger partial charge in [-0.1, -0.05) is 0 Å². The smallest absolute Gasteiger partial charge is 0.243 e. The number of carbonyl (C=O) groups is 2. The monoisotopic (exact) mass is 239 g/mol. The molecule has 0 radical (unpaired) electrons. The van der Waals surface area contributed by atoms with Crippen molar-refractivity contribution < 1.29 is 14.3 Å². The highest BCUT2D eigenvalue weighted by atomic mass is 16.5. The summed E-state index contributed by atoms with van der Waals surface area (Å²) in [4.78, 5) is 24.7. The van der Waals surface area contributed by atoms with Crippen LogP contribution in [-0.4, -0.2) is 50.6 Å². The maximum Gasteiger partial charge on any atom is 0.243 e. The molecule has 0 aromatic carbocycles. The average molecular weight is 239 g/mol. The van der Waals surface area contributed by atoms with Gasteiger partial charge in [-0.2, -0.15) is 5.26 Å². The van der Waals surface area contributed by atoms with E-state index in [1.54, 1.807) is 0 Å². The molecule has 1 aliphatic heterocycles. The summed E-state index contributed by atoms with van der Waals surface area (Å²) in [6, 6.07) is 2.09. The summed E-state index contributed by atoms with van der Waals surface area (Å²) in [6.07, 6.45) is 0.779. The minimum atomic E-state index is -1.03. The molecule has 1 saturated heterocycles. The lowest BCUT2D eigenvalue weighted by Crippen LogP contribution is -2.47. The summed E-state index contributed by atoms with van der Waals surface area (Å²) in [6.45, 7) is 0.792. The van der Waals surface area contributed by atoms with E-state index in [9.17, 15) is 14.9 Å². The largest absolute Gasteiger partial charge is 0.381 e. The van der Waals surface area contributed by atoms with Crippen LogP contribution in [0.1, 0.15) is 12.8 Å². The Labute approximate surface area is 101 Å². The first-order valence-corrected chi connectivity index (χ1v) is 5.51. The van der Waals surface area contributed by atoms with E-state index in [0.717, 1.165) is 0 Å². The summed E-state index contributed by atoms with van der Waals surface area (Å²) in [7, 11) is 3.04. The van der Waals surface area contributed by atoms with E-state index in [0.29, 0.717) is 26.1 Å². The Kier molecular flexibility index (Phi) is 4.46. The molecule has 6 nitrogen and oxygen atoms in total. The Balaban J connectivity index is 2.72. The van der Waals surface area contributed by atoms with E-state index in [1.807, 2.05) is 0 Å². The predicted molar refractivity (Wildman–Crippen MR) is 59.8 cm³/mol. The van der Waals surface area contributed by atoms with Crippen LogP contribution in [0, 0.1) is 16.7 Å². The second kappa shape index (κ2) is 5.64. The lowest BCUT2D eigenvalue weighted by atomic mass is 9.80. The third kappa shape index (κ3) is 2.94. The minimum Gasteiger partial charge on any atom is -0.381 e. The fraction of sp³-hybridized carbons (Fsp3) is 0.727. The molecule has 0 bridgehead atoms.